The van der Waals surface area contributed by atoms with Gasteiger partial charge in [-0.1, -0.05) is 17.3 Å². The monoisotopic (exact) mass is 252 g/mol. The van der Waals surface area contributed by atoms with Gasteiger partial charge in [0.1, 0.15) is 6.04 Å². The molecule has 0 fully saturated rings. The molecule has 0 saturated carbocycles. The normalized spacial score (nSPS) is 19.9. The largest absolute Gasteiger partial charge is 0.468 e. The van der Waals surface area contributed by atoms with E-state index in [0.29, 0.717) is 19.0 Å². The molecule has 0 aromatic rings. The molecular formula is C12H20N4O2. The van der Waals surface area contributed by atoms with E-state index < -0.39 is 0 Å². The lowest BCUT2D eigenvalue weighted by atomic mass is 9.87. The van der Waals surface area contributed by atoms with Gasteiger partial charge in [0.2, 0.25) is 0 Å². The molecule has 0 saturated heterocycles. The van der Waals surface area contributed by atoms with Crippen molar-refractivity contribution in [1.82, 2.24) is 5.32 Å². The molecule has 0 spiro atoms. The first-order valence-electron chi connectivity index (χ1n) is 6.26. The standard InChI is InChI=1S/C12H20N4O2/c1-18-12(17)11(10-6-3-2-4-7-10)14-8-5-9-15-16-13/h2-3,10-11,14H,4-9H2,1H3. The van der Waals surface area contributed by atoms with E-state index in [4.69, 9.17) is 10.3 Å². The molecule has 0 radical (unpaired) electrons. The van der Waals surface area contributed by atoms with Gasteiger partial charge in [0, 0.05) is 11.5 Å². The van der Waals surface area contributed by atoms with Crippen molar-refractivity contribution in [3.63, 3.8) is 0 Å². The minimum Gasteiger partial charge on any atom is -0.468 e. The van der Waals surface area contributed by atoms with Gasteiger partial charge >= 0.3 is 5.97 Å². The molecule has 0 aromatic heterocycles. The lowest BCUT2D eigenvalue weighted by Crippen LogP contribution is -2.44. The van der Waals surface area contributed by atoms with Crippen LogP contribution in [0.15, 0.2) is 17.3 Å². The molecule has 0 bridgehead atoms. The van der Waals surface area contributed by atoms with E-state index in [0.717, 1.165) is 25.7 Å². The SMILES string of the molecule is COC(=O)C(NCCCN=[N+]=[N-])C1CC=CCC1. The summed E-state index contributed by atoms with van der Waals surface area (Å²) < 4.78 is 4.84. The van der Waals surface area contributed by atoms with Gasteiger partial charge in [0.25, 0.3) is 0 Å². The van der Waals surface area contributed by atoms with Crippen molar-refractivity contribution in [2.24, 2.45) is 11.0 Å². The van der Waals surface area contributed by atoms with Crippen LogP contribution in [0.1, 0.15) is 25.7 Å². The van der Waals surface area contributed by atoms with Crippen LogP contribution >= 0.6 is 0 Å². The van der Waals surface area contributed by atoms with Gasteiger partial charge in [-0.25, -0.2) is 0 Å². The summed E-state index contributed by atoms with van der Waals surface area (Å²) in [5.41, 5.74) is 8.16. The number of carbonyl (C=O) groups is 1. The minimum absolute atomic E-state index is 0.209. The van der Waals surface area contributed by atoms with Crippen molar-refractivity contribution in [1.29, 1.82) is 0 Å². The van der Waals surface area contributed by atoms with Gasteiger partial charge in [0.05, 0.1) is 7.11 Å². The Kier molecular flexibility index (Phi) is 6.91. The second-order valence-electron chi connectivity index (χ2n) is 4.31. The van der Waals surface area contributed by atoms with Crippen molar-refractivity contribution < 1.29 is 9.53 Å². The van der Waals surface area contributed by atoms with Crippen molar-refractivity contribution >= 4 is 5.97 Å². The maximum atomic E-state index is 11.7. The summed E-state index contributed by atoms with van der Waals surface area (Å²) in [4.78, 5) is 14.4. The van der Waals surface area contributed by atoms with Gasteiger partial charge in [-0.3, -0.25) is 4.79 Å². The third-order valence-electron chi connectivity index (χ3n) is 3.10. The van der Waals surface area contributed by atoms with Crippen LogP contribution in [0.25, 0.3) is 10.4 Å². The molecule has 0 aliphatic heterocycles. The highest BCUT2D eigenvalue weighted by Gasteiger charge is 2.28. The summed E-state index contributed by atoms with van der Waals surface area (Å²) in [6.07, 6.45) is 7.90. The molecule has 1 aliphatic carbocycles. The second-order valence-corrected chi connectivity index (χ2v) is 4.31. The number of nitrogens with one attached hydrogen (secondary N) is 1. The molecule has 0 heterocycles. The molecule has 6 nitrogen and oxygen atoms in total. The first-order chi connectivity index (χ1) is 8.79. The van der Waals surface area contributed by atoms with Crippen LogP contribution < -0.4 is 5.32 Å². The first kappa shape index (κ1) is 14.5. The summed E-state index contributed by atoms with van der Waals surface area (Å²) >= 11 is 0. The average molecular weight is 252 g/mol. The Labute approximate surface area is 107 Å². The number of allylic oxidation sites excluding steroid dienone is 2. The van der Waals surface area contributed by atoms with Gasteiger partial charge in [-0.05, 0) is 43.7 Å². The third-order valence-corrected chi connectivity index (χ3v) is 3.10. The second kappa shape index (κ2) is 8.55. The Hall–Kier alpha value is -1.52. The minimum atomic E-state index is -0.258. The number of azide groups is 1. The fraction of sp³-hybridized carbons (Fsp3) is 0.750. The zero-order chi connectivity index (χ0) is 13.2. The number of ether oxygens (including phenoxy) is 1. The van der Waals surface area contributed by atoms with Crippen LogP contribution in [-0.4, -0.2) is 32.2 Å². The molecule has 1 rings (SSSR count). The molecule has 2 atom stereocenters. The smallest absolute Gasteiger partial charge is 0.323 e. The Morgan fingerprint density at radius 2 is 2.50 bits per heavy atom. The quantitative estimate of drug-likeness (QED) is 0.188. The molecule has 0 amide bonds. The van der Waals surface area contributed by atoms with E-state index in [-0.39, 0.29) is 12.0 Å². The first-order valence-corrected chi connectivity index (χ1v) is 6.26. The molecule has 100 valence electrons. The Balaban J connectivity index is 2.42. The number of esters is 1. The van der Waals surface area contributed by atoms with Crippen molar-refractivity contribution in [3.8, 4) is 0 Å². The van der Waals surface area contributed by atoms with Crippen LogP contribution in [0.2, 0.25) is 0 Å². The maximum absolute atomic E-state index is 11.7. The number of hydrogen-bond acceptors (Lipinski definition) is 4. The summed E-state index contributed by atoms with van der Waals surface area (Å²) in [5, 5.41) is 6.67. The van der Waals surface area contributed by atoms with Crippen LogP contribution in [0, 0.1) is 5.92 Å². The van der Waals surface area contributed by atoms with E-state index >= 15 is 0 Å². The average Bonchev–Trinajstić information content (AvgIpc) is 2.43. The van der Waals surface area contributed by atoms with Crippen LogP contribution in [-0.2, 0) is 9.53 Å². The molecule has 1 N–H and O–H groups in total. The summed E-state index contributed by atoms with van der Waals surface area (Å²) in [5.74, 6) is 0.0843. The van der Waals surface area contributed by atoms with Crippen molar-refractivity contribution in [2.45, 2.75) is 31.7 Å². The topological polar surface area (TPSA) is 87.1 Å². The fourth-order valence-corrected chi connectivity index (χ4v) is 2.14. The van der Waals surface area contributed by atoms with Gasteiger partial charge in [-0.15, -0.1) is 0 Å². The van der Waals surface area contributed by atoms with E-state index in [1.54, 1.807) is 0 Å². The van der Waals surface area contributed by atoms with E-state index in [1.807, 2.05) is 0 Å². The molecule has 1 aliphatic rings. The van der Waals surface area contributed by atoms with Gasteiger partial charge in [0.15, 0.2) is 0 Å². The van der Waals surface area contributed by atoms with E-state index in [1.165, 1.54) is 7.11 Å². The zero-order valence-corrected chi connectivity index (χ0v) is 10.7. The molecule has 0 aromatic carbocycles. The molecular weight excluding hydrogens is 232 g/mol. The number of hydrogen-bond donors (Lipinski definition) is 1. The number of carbonyl (C=O) groups excluding carboxylic acids is 1. The highest BCUT2D eigenvalue weighted by molar-refractivity contribution is 5.76. The molecule has 6 heteroatoms. The number of nitrogens with zero attached hydrogens (tertiary/aromatic N) is 3. The fourth-order valence-electron chi connectivity index (χ4n) is 2.14. The van der Waals surface area contributed by atoms with Crippen LogP contribution in [0.5, 0.6) is 0 Å². The number of rotatable bonds is 7. The lowest BCUT2D eigenvalue weighted by Gasteiger charge is -2.26. The Morgan fingerprint density at radius 1 is 1.67 bits per heavy atom. The van der Waals surface area contributed by atoms with Gasteiger partial charge in [-0.2, -0.15) is 0 Å². The lowest BCUT2D eigenvalue weighted by molar-refractivity contribution is -0.144. The van der Waals surface area contributed by atoms with Crippen molar-refractivity contribution in [3.05, 3.63) is 22.6 Å². The van der Waals surface area contributed by atoms with Crippen molar-refractivity contribution in [2.75, 3.05) is 20.2 Å². The van der Waals surface area contributed by atoms with Gasteiger partial charge < -0.3 is 10.1 Å². The molecule has 18 heavy (non-hydrogen) atoms. The zero-order valence-electron chi connectivity index (χ0n) is 10.7. The maximum Gasteiger partial charge on any atom is 0.323 e. The predicted octanol–water partition coefficient (Wildman–Crippen LogP) is 2.17. The predicted molar refractivity (Wildman–Crippen MR) is 68.9 cm³/mol. The van der Waals surface area contributed by atoms with E-state index in [9.17, 15) is 4.79 Å². The van der Waals surface area contributed by atoms with E-state index in [2.05, 4.69) is 27.5 Å². The highest BCUT2D eigenvalue weighted by atomic mass is 16.5. The third kappa shape index (κ3) is 4.77. The Bertz CT molecular complexity index is 337. The highest BCUT2D eigenvalue weighted by Crippen LogP contribution is 2.22. The summed E-state index contributed by atoms with van der Waals surface area (Å²) in [6, 6.07) is -0.258. The summed E-state index contributed by atoms with van der Waals surface area (Å²) in [7, 11) is 1.41. The van der Waals surface area contributed by atoms with Crippen LogP contribution in [0.3, 0.4) is 0 Å². The molecule has 2 unspecified atom stereocenters. The summed E-state index contributed by atoms with van der Waals surface area (Å²) in [6.45, 7) is 1.10. The van der Waals surface area contributed by atoms with Crippen LogP contribution in [0.4, 0.5) is 0 Å². The number of methoxy groups -OCH3 is 1. The Morgan fingerprint density at radius 3 is 3.11 bits per heavy atom.